The zero-order valence-electron chi connectivity index (χ0n) is 22.7. The molecule has 4 N–H and O–H groups in total. The minimum absolute atomic E-state index is 0.0776. The van der Waals surface area contributed by atoms with Crippen LogP contribution in [0.3, 0.4) is 0 Å². The second-order valence-corrected chi connectivity index (χ2v) is 13.8. The van der Waals surface area contributed by atoms with E-state index >= 15 is 4.39 Å². The molecule has 1 saturated heterocycles. The molecular formula is C30H36Cl2FN3O3. The van der Waals surface area contributed by atoms with E-state index < -0.39 is 34.8 Å². The SMILES string of the molecule is CC(C)(C)C[C@H]1N[C@@H](C(=O)NC2CCC(C)(O)CC2)[C@H](c2cccc(Cl)c2)[C@@]12C(=O)Nc1cc(Cl)c(F)cc12. The zero-order chi connectivity index (χ0) is 28.3. The molecule has 3 aliphatic rings. The standard InChI is InChI=1S/C30H36Cl2FN3O3/c1-28(2,3)15-23-30(19-13-21(33)20(32)14-22(19)35-27(30)38)24(16-6-5-7-17(31)12-16)25(36-23)26(37)34-18-8-10-29(4,39)11-9-18/h5-7,12-14,18,23-25,36,39H,8-11,15H2,1-4H3,(H,34,37)(H,35,38)/t18?,23-,24+,25-,29?,30+/m1/s1. The van der Waals surface area contributed by atoms with Crippen molar-refractivity contribution in [1.82, 2.24) is 10.6 Å². The Morgan fingerprint density at radius 2 is 1.87 bits per heavy atom. The maximum absolute atomic E-state index is 15.0. The summed E-state index contributed by atoms with van der Waals surface area (Å²) in [5, 5.41) is 20.5. The van der Waals surface area contributed by atoms with Gasteiger partial charge in [0.15, 0.2) is 0 Å². The summed E-state index contributed by atoms with van der Waals surface area (Å²) in [4.78, 5) is 28.2. The monoisotopic (exact) mass is 575 g/mol. The van der Waals surface area contributed by atoms with Gasteiger partial charge in [0, 0.05) is 28.7 Å². The van der Waals surface area contributed by atoms with Gasteiger partial charge in [-0.1, -0.05) is 56.1 Å². The minimum atomic E-state index is -1.28. The van der Waals surface area contributed by atoms with Gasteiger partial charge in [-0.15, -0.1) is 0 Å². The highest BCUT2D eigenvalue weighted by molar-refractivity contribution is 6.31. The molecule has 1 spiro atoms. The van der Waals surface area contributed by atoms with E-state index in [4.69, 9.17) is 23.2 Å². The third-order valence-electron chi connectivity index (χ3n) is 8.60. The largest absolute Gasteiger partial charge is 0.390 e. The first kappa shape index (κ1) is 28.3. The lowest BCUT2D eigenvalue weighted by molar-refractivity contribution is -0.125. The number of anilines is 1. The second kappa shape index (κ2) is 10.0. The van der Waals surface area contributed by atoms with Crippen LogP contribution in [0.5, 0.6) is 0 Å². The number of fused-ring (bicyclic) bond motifs is 2. The molecule has 1 saturated carbocycles. The normalized spacial score (nSPS) is 32.3. The maximum Gasteiger partial charge on any atom is 0.238 e. The third kappa shape index (κ3) is 5.19. The van der Waals surface area contributed by atoms with Crippen molar-refractivity contribution in [3.8, 4) is 0 Å². The predicted octanol–water partition coefficient (Wildman–Crippen LogP) is 5.69. The van der Waals surface area contributed by atoms with Crippen molar-refractivity contribution in [3.05, 3.63) is 63.4 Å². The van der Waals surface area contributed by atoms with Crippen molar-refractivity contribution in [1.29, 1.82) is 0 Å². The summed E-state index contributed by atoms with van der Waals surface area (Å²) in [5.74, 6) is -1.81. The third-order valence-corrected chi connectivity index (χ3v) is 9.12. The van der Waals surface area contributed by atoms with Crippen LogP contribution in [0.2, 0.25) is 10.0 Å². The number of benzene rings is 2. The summed E-state index contributed by atoms with van der Waals surface area (Å²) >= 11 is 12.5. The fourth-order valence-electron chi connectivity index (χ4n) is 6.81. The lowest BCUT2D eigenvalue weighted by atomic mass is 9.62. The first-order valence-corrected chi connectivity index (χ1v) is 14.3. The highest BCUT2D eigenvalue weighted by atomic mass is 35.5. The number of carbonyl (C=O) groups is 2. The van der Waals surface area contributed by atoms with Crippen LogP contribution in [0.4, 0.5) is 10.1 Å². The lowest BCUT2D eigenvalue weighted by Crippen LogP contribution is -2.50. The predicted molar refractivity (Wildman–Crippen MR) is 152 cm³/mol. The Kier molecular flexibility index (Phi) is 7.28. The molecule has 5 rings (SSSR count). The number of rotatable bonds is 4. The molecule has 0 unspecified atom stereocenters. The van der Waals surface area contributed by atoms with Gasteiger partial charge < -0.3 is 21.1 Å². The minimum Gasteiger partial charge on any atom is -0.390 e. The van der Waals surface area contributed by atoms with E-state index in [1.807, 2.05) is 13.0 Å². The van der Waals surface area contributed by atoms with Crippen LogP contribution >= 0.6 is 23.2 Å². The Bertz CT molecular complexity index is 1300. The molecule has 2 fully saturated rings. The Morgan fingerprint density at radius 1 is 1.18 bits per heavy atom. The van der Waals surface area contributed by atoms with Crippen LogP contribution in [-0.2, 0) is 15.0 Å². The van der Waals surface area contributed by atoms with E-state index in [1.165, 1.54) is 12.1 Å². The molecule has 1 aliphatic carbocycles. The number of aliphatic hydroxyl groups is 1. The average molecular weight is 577 g/mol. The average Bonchev–Trinajstić information content (AvgIpc) is 3.30. The number of hydrogen-bond acceptors (Lipinski definition) is 4. The van der Waals surface area contributed by atoms with Gasteiger partial charge in [-0.2, -0.15) is 0 Å². The molecule has 0 radical (unpaired) electrons. The molecule has 2 heterocycles. The van der Waals surface area contributed by atoms with Gasteiger partial charge in [0.1, 0.15) is 11.2 Å². The summed E-state index contributed by atoms with van der Waals surface area (Å²) in [7, 11) is 0. The summed E-state index contributed by atoms with van der Waals surface area (Å²) in [6.07, 6.45) is 3.07. The molecule has 210 valence electrons. The number of halogens is 3. The molecule has 0 bridgehead atoms. The van der Waals surface area contributed by atoms with Crippen LogP contribution in [0.1, 0.15) is 76.8 Å². The first-order valence-electron chi connectivity index (χ1n) is 13.6. The number of carbonyl (C=O) groups excluding carboxylic acids is 2. The molecular weight excluding hydrogens is 540 g/mol. The molecule has 4 atom stereocenters. The molecule has 2 aliphatic heterocycles. The van der Waals surface area contributed by atoms with Crippen LogP contribution in [-0.4, -0.2) is 40.6 Å². The van der Waals surface area contributed by atoms with Gasteiger partial charge in [0.05, 0.1) is 16.7 Å². The van der Waals surface area contributed by atoms with Gasteiger partial charge in [-0.25, -0.2) is 4.39 Å². The zero-order valence-corrected chi connectivity index (χ0v) is 24.2. The van der Waals surface area contributed by atoms with E-state index in [0.29, 0.717) is 48.4 Å². The molecule has 6 nitrogen and oxygen atoms in total. The topological polar surface area (TPSA) is 90.5 Å². The van der Waals surface area contributed by atoms with Crippen LogP contribution in [0.25, 0.3) is 0 Å². The van der Waals surface area contributed by atoms with E-state index in [1.54, 1.807) is 18.2 Å². The molecule has 2 amide bonds. The summed E-state index contributed by atoms with van der Waals surface area (Å²) < 4.78 is 15.0. The van der Waals surface area contributed by atoms with Gasteiger partial charge >= 0.3 is 0 Å². The summed E-state index contributed by atoms with van der Waals surface area (Å²) in [6, 6.07) is 8.64. The van der Waals surface area contributed by atoms with Gasteiger partial charge in [0.25, 0.3) is 0 Å². The Labute approximate surface area is 239 Å². The number of hydrogen-bond donors (Lipinski definition) is 4. The van der Waals surface area contributed by atoms with Crippen LogP contribution in [0, 0.1) is 11.2 Å². The fourth-order valence-corrected chi connectivity index (χ4v) is 7.17. The molecule has 39 heavy (non-hydrogen) atoms. The van der Waals surface area contributed by atoms with Crippen molar-refractivity contribution in [3.63, 3.8) is 0 Å². The highest BCUT2D eigenvalue weighted by Gasteiger charge is 2.66. The first-order chi connectivity index (χ1) is 18.2. The Hall–Kier alpha value is -2.19. The van der Waals surface area contributed by atoms with E-state index in [0.717, 1.165) is 5.56 Å². The van der Waals surface area contributed by atoms with Crippen LogP contribution < -0.4 is 16.0 Å². The smallest absolute Gasteiger partial charge is 0.238 e. The van der Waals surface area contributed by atoms with Crippen molar-refractivity contribution < 1.29 is 19.1 Å². The summed E-state index contributed by atoms with van der Waals surface area (Å²) in [5.41, 5.74) is -0.555. The number of amides is 2. The van der Waals surface area contributed by atoms with Crippen molar-refractivity contribution in [2.75, 3.05) is 5.32 Å². The molecule has 2 aromatic rings. The van der Waals surface area contributed by atoms with Gasteiger partial charge in [0.2, 0.25) is 11.8 Å². The highest BCUT2D eigenvalue weighted by Crippen LogP contribution is 2.57. The maximum atomic E-state index is 15.0. The summed E-state index contributed by atoms with van der Waals surface area (Å²) in [6.45, 7) is 8.05. The van der Waals surface area contributed by atoms with Crippen LogP contribution in [0.15, 0.2) is 36.4 Å². The van der Waals surface area contributed by atoms with E-state index in [-0.39, 0.29) is 28.3 Å². The van der Waals surface area contributed by atoms with E-state index in [9.17, 15) is 14.7 Å². The Morgan fingerprint density at radius 3 is 2.51 bits per heavy atom. The Balaban J connectivity index is 1.64. The second-order valence-electron chi connectivity index (χ2n) is 12.9. The molecule has 9 heteroatoms. The van der Waals surface area contributed by atoms with E-state index in [2.05, 4.69) is 36.7 Å². The van der Waals surface area contributed by atoms with Crippen molar-refractivity contribution in [2.45, 2.75) is 94.9 Å². The fraction of sp³-hybridized carbons (Fsp3) is 0.533. The number of nitrogens with one attached hydrogen (secondary N) is 3. The van der Waals surface area contributed by atoms with Gasteiger partial charge in [-0.05, 0) is 79.8 Å². The lowest BCUT2D eigenvalue weighted by Gasteiger charge is -2.38. The molecule has 2 aromatic carbocycles. The quantitative estimate of drug-likeness (QED) is 0.377. The van der Waals surface area contributed by atoms with Gasteiger partial charge in [-0.3, -0.25) is 9.59 Å². The van der Waals surface area contributed by atoms with Crippen molar-refractivity contribution >= 4 is 40.7 Å². The van der Waals surface area contributed by atoms with Crippen molar-refractivity contribution in [2.24, 2.45) is 5.41 Å². The molecule has 0 aromatic heterocycles.